The zero-order valence-corrected chi connectivity index (χ0v) is 18.6. The van der Waals surface area contributed by atoms with Crippen molar-refractivity contribution in [1.82, 2.24) is 9.80 Å². The van der Waals surface area contributed by atoms with Crippen LogP contribution >= 0.6 is 0 Å². The van der Waals surface area contributed by atoms with Crippen LogP contribution in [0.4, 0.5) is 20.6 Å². The van der Waals surface area contributed by atoms with E-state index in [0.29, 0.717) is 19.6 Å². The number of carbonyl (C=O) groups is 1. The fourth-order valence-electron chi connectivity index (χ4n) is 4.27. The highest BCUT2D eigenvalue weighted by molar-refractivity contribution is 6.04. The first kappa shape index (κ1) is 21.0. The average Bonchev–Trinajstić information content (AvgIpc) is 2.96. The molecule has 0 spiro atoms. The standard InChI is InChI=1S/C26H25FN4O2/c1-17-11-12-22-24(15-17)33-23-10-6-3-7-19(23)25(28-22)30-13-14-31(18(2)16-30)26(32)29-21-9-5-4-8-20(21)27/h3-12,15,18H,13-14,16H2,1-2H3,(H,29,32). The third-order valence-corrected chi connectivity index (χ3v) is 5.99. The lowest BCUT2D eigenvalue weighted by molar-refractivity contribution is 0.144. The second-order valence-corrected chi connectivity index (χ2v) is 8.40. The summed E-state index contributed by atoms with van der Waals surface area (Å²) in [5, 5.41) is 2.69. The van der Waals surface area contributed by atoms with Gasteiger partial charge in [-0.2, -0.15) is 0 Å². The predicted molar refractivity (Wildman–Crippen MR) is 127 cm³/mol. The van der Waals surface area contributed by atoms with Crippen LogP contribution in [0.2, 0.25) is 0 Å². The zero-order chi connectivity index (χ0) is 22.9. The molecule has 168 valence electrons. The molecule has 0 saturated carbocycles. The Morgan fingerprint density at radius 2 is 1.85 bits per heavy atom. The third kappa shape index (κ3) is 4.14. The minimum atomic E-state index is -0.449. The largest absolute Gasteiger partial charge is 0.454 e. The summed E-state index contributed by atoms with van der Waals surface area (Å²) < 4.78 is 20.2. The van der Waals surface area contributed by atoms with E-state index >= 15 is 0 Å². The van der Waals surface area contributed by atoms with Crippen molar-refractivity contribution in [2.45, 2.75) is 19.9 Å². The van der Waals surface area contributed by atoms with Crippen LogP contribution in [-0.2, 0) is 0 Å². The number of halogens is 1. The van der Waals surface area contributed by atoms with Crippen molar-refractivity contribution in [3.63, 3.8) is 0 Å². The molecule has 0 aliphatic carbocycles. The van der Waals surface area contributed by atoms with Crippen LogP contribution < -0.4 is 10.1 Å². The van der Waals surface area contributed by atoms with E-state index < -0.39 is 5.82 Å². The van der Waals surface area contributed by atoms with Crippen molar-refractivity contribution in [2.24, 2.45) is 4.99 Å². The summed E-state index contributed by atoms with van der Waals surface area (Å²) in [7, 11) is 0. The van der Waals surface area contributed by atoms with Gasteiger partial charge < -0.3 is 19.9 Å². The number of anilines is 1. The normalized spacial score (nSPS) is 17.3. The van der Waals surface area contributed by atoms with Crippen molar-refractivity contribution in [3.8, 4) is 11.5 Å². The molecule has 0 radical (unpaired) electrons. The van der Waals surface area contributed by atoms with Crippen LogP contribution in [0.1, 0.15) is 18.1 Å². The number of nitrogens with one attached hydrogen (secondary N) is 1. The molecule has 5 rings (SSSR count). The lowest BCUT2D eigenvalue weighted by Crippen LogP contribution is -2.56. The summed E-state index contributed by atoms with van der Waals surface area (Å²) in [6.45, 7) is 5.70. The van der Waals surface area contributed by atoms with Crippen LogP contribution in [0.25, 0.3) is 0 Å². The van der Waals surface area contributed by atoms with Crippen LogP contribution in [-0.4, -0.2) is 47.3 Å². The highest BCUT2D eigenvalue weighted by atomic mass is 19.1. The highest BCUT2D eigenvalue weighted by Crippen LogP contribution is 2.38. The number of hydrogen-bond donors (Lipinski definition) is 1. The molecule has 1 saturated heterocycles. The van der Waals surface area contributed by atoms with Gasteiger partial charge in [-0.15, -0.1) is 0 Å². The van der Waals surface area contributed by atoms with Crippen LogP contribution in [0.3, 0.4) is 0 Å². The van der Waals surface area contributed by atoms with Gasteiger partial charge in [0.05, 0.1) is 11.3 Å². The highest BCUT2D eigenvalue weighted by Gasteiger charge is 2.31. The molecule has 7 heteroatoms. The molecule has 3 aromatic rings. The molecule has 1 atom stereocenters. The fraction of sp³-hybridized carbons (Fsp3) is 0.231. The summed E-state index contributed by atoms with van der Waals surface area (Å²) in [4.78, 5) is 21.7. The lowest BCUT2D eigenvalue weighted by Gasteiger charge is -2.41. The van der Waals surface area contributed by atoms with Gasteiger partial charge in [-0.05, 0) is 55.8 Å². The second kappa shape index (κ2) is 8.58. The lowest BCUT2D eigenvalue weighted by atomic mass is 10.1. The number of fused-ring (bicyclic) bond motifs is 2. The average molecular weight is 445 g/mol. The number of aryl methyl sites for hydroxylation is 1. The van der Waals surface area contributed by atoms with Gasteiger partial charge in [0.2, 0.25) is 0 Å². The number of nitrogens with zero attached hydrogens (tertiary/aromatic N) is 3. The molecule has 1 N–H and O–H groups in total. The number of rotatable bonds is 1. The second-order valence-electron chi connectivity index (χ2n) is 8.40. The van der Waals surface area contributed by atoms with Gasteiger partial charge in [-0.25, -0.2) is 14.2 Å². The number of ether oxygens (including phenoxy) is 1. The number of aliphatic imine (C=N–C) groups is 1. The molecular formula is C26H25FN4O2. The van der Waals surface area contributed by atoms with Crippen LogP contribution in [0.5, 0.6) is 11.5 Å². The molecule has 2 amide bonds. The van der Waals surface area contributed by atoms with Gasteiger partial charge in [0.25, 0.3) is 0 Å². The van der Waals surface area contributed by atoms with Gasteiger partial charge in [0.15, 0.2) is 5.75 Å². The van der Waals surface area contributed by atoms with Gasteiger partial charge in [0.1, 0.15) is 23.1 Å². The first-order chi connectivity index (χ1) is 16.0. The molecule has 2 heterocycles. The van der Waals surface area contributed by atoms with E-state index in [-0.39, 0.29) is 17.8 Å². The number of hydrogen-bond acceptors (Lipinski definition) is 4. The summed E-state index contributed by atoms with van der Waals surface area (Å²) in [6, 6.07) is 19.7. The van der Waals surface area contributed by atoms with Crippen molar-refractivity contribution < 1.29 is 13.9 Å². The Morgan fingerprint density at radius 1 is 1.06 bits per heavy atom. The van der Waals surface area contributed by atoms with E-state index in [0.717, 1.165) is 34.1 Å². The van der Waals surface area contributed by atoms with Gasteiger partial charge in [-0.1, -0.05) is 30.3 Å². The Kier molecular flexibility index (Phi) is 5.46. The maximum atomic E-state index is 14.0. The topological polar surface area (TPSA) is 57.2 Å². The summed E-state index contributed by atoms with van der Waals surface area (Å²) in [6.07, 6.45) is 0. The van der Waals surface area contributed by atoms with Gasteiger partial charge in [0, 0.05) is 25.7 Å². The number of amidine groups is 1. The first-order valence-corrected chi connectivity index (χ1v) is 11.0. The maximum absolute atomic E-state index is 14.0. The fourth-order valence-corrected chi connectivity index (χ4v) is 4.27. The minimum Gasteiger partial charge on any atom is -0.454 e. The van der Waals surface area contributed by atoms with Crippen molar-refractivity contribution in [3.05, 3.63) is 83.7 Å². The Balaban J connectivity index is 1.40. The first-order valence-electron chi connectivity index (χ1n) is 11.0. The van der Waals surface area contributed by atoms with E-state index in [2.05, 4.69) is 10.2 Å². The smallest absolute Gasteiger partial charge is 0.322 e. The third-order valence-electron chi connectivity index (χ3n) is 5.99. The molecule has 2 aliphatic heterocycles. The molecular weight excluding hydrogens is 419 g/mol. The van der Waals surface area contributed by atoms with Crippen LogP contribution in [0.15, 0.2) is 71.7 Å². The number of piperazine rings is 1. The monoisotopic (exact) mass is 444 g/mol. The molecule has 2 aliphatic rings. The van der Waals surface area contributed by atoms with Crippen LogP contribution in [0, 0.1) is 12.7 Å². The quantitative estimate of drug-likeness (QED) is 0.535. The molecule has 33 heavy (non-hydrogen) atoms. The molecule has 3 aromatic carbocycles. The molecule has 1 unspecified atom stereocenters. The Hall–Kier alpha value is -3.87. The molecule has 6 nitrogen and oxygen atoms in total. The molecule has 0 bridgehead atoms. The minimum absolute atomic E-state index is 0.0953. The number of urea groups is 1. The SMILES string of the molecule is Cc1ccc2c(c1)Oc1ccccc1C(N1CCN(C(=O)Nc3ccccc3F)C(C)C1)=N2. The molecule has 1 fully saturated rings. The Bertz CT molecular complexity index is 1240. The summed E-state index contributed by atoms with van der Waals surface area (Å²) >= 11 is 0. The van der Waals surface area contributed by atoms with E-state index in [1.165, 1.54) is 6.07 Å². The van der Waals surface area contributed by atoms with E-state index in [9.17, 15) is 9.18 Å². The maximum Gasteiger partial charge on any atom is 0.322 e. The zero-order valence-electron chi connectivity index (χ0n) is 18.6. The number of amides is 2. The number of carbonyl (C=O) groups excluding carboxylic acids is 1. The van der Waals surface area contributed by atoms with E-state index in [1.807, 2.05) is 56.3 Å². The van der Waals surface area contributed by atoms with Gasteiger partial charge in [-0.3, -0.25) is 0 Å². The summed E-state index contributed by atoms with van der Waals surface area (Å²) in [5.41, 5.74) is 2.98. The van der Waals surface area contributed by atoms with E-state index in [1.54, 1.807) is 23.1 Å². The Morgan fingerprint density at radius 3 is 2.67 bits per heavy atom. The van der Waals surface area contributed by atoms with E-state index in [4.69, 9.17) is 9.73 Å². The van der Waals surface area contributed by atoms with Crippen molar-refractivity contribution in [2.75, 3.05) is 25.0 Å². The van der Waals surface area contributed by atoms with Crippen molar-refractivity contribution >= 4 is 23.2 Å². The Labute approximate surface area is 192 Å². The number of benzene rings is 3. The molecule has 0 aromatic heterocycles. The predicted octanol–water partition coefficient (Wildman–Crippen LogP) is 5.56. The van der Waals surface area contributed by atoms with Gasteiger partial charge >= 0.3 is 6.03 Å². The van der Waals surface area contributed by atoms with Crippen molar-refractivity contribution in [1.29, 1.82) is 0 Å². The summed E-state index contributed by atoms with van der Waals surface area (Å²) in [5.74, 6) is 1.87. The number of para-hydroxylation sites is 2.